The highest BCUT2D eigenvalue weighted by Crippen LogP contribution is 2.37. The zero-order chi connectivity index (χ0) is 25.7. The fourth-order valence-corrected chi connectivity index (χ4v) is 5.66. The molecule has 0 bridgehead atoms. The van der Waals surface area contributed by atoms with Crippen LogP contribution < -0.4 is 9.47 Å². The first-order valence-corrected chi connectivity index (χ1v) is 13.5. The van der Waals surface area contributed by atoms with Gasteiger partial charge in [-0.1, -0.05) is 25.0 Å². The van der Waals surface area contributed by atoms with E-state index in [0.717, 1.165) is 51.5 Å². The zero-order valence-corrected chi connectivity index (χ0v) is 22.8. The number of thioether (sulfide) groups is 1. The fourth-order valence-electron chi connectivity index (χ4n) is 4.04. The van der Waals surface area contributed by atoms with Gasteiger partial charge in [-0.05, 0) is 88.7 Å². The normalized spacial score (nSPS) is 17.5. The minimum absolute atomic E-state index is 0.195. The van der Waals surface area contributed by atoms with Gasteiger partial charge in [0, 0.05) is 13.1 Å². The van der Waals surface area contributed by atoms with Crippen LogP contribution in [0.5, 0.6) is 11.5 Å². The second-order valence-corrected chi connectivity index (χ2v) is 10.7. The van der Waals surface area contributed by atoms with E-state index in [2.05, 4.69) is 22.6 Å². The highest BCUT2D eigenvalue weighted by atomic mass is 127. The van der Waals surface area contributed by atoms with Gasteiger partial charge < -0.3 is 14.4 Å². The molecule has 7 nitrogen and oxygen atoms in total. The molecule has 0 atom stereocenters. The number of carbonyl (C=O) groups excluding carboxylic acids is 3. The van der Waals surface area contributed by atoms with E-state index in [1.165, 1.54) is 19.2 Å². The quantitative estimate of drug-likeness (QED) is 0.301. The lowest BCUT2D eigenvalue weighted by Crippen LogP contribution is -2.42. The maximum absolute atomic E-state index is 13.1. The van der Waals surface area contributed by atoms with Crippen molar-refractivity contribution < 1.29 is 28.2 Å². The number of nitrogens with zero attached hydrogens (tertiary/aromatic N) is 2. The van der Waals surface area contributed by atoms with Gasteiger partial charge in [0.25, 0.3) is 11.1 Å². The van der Waals surface area contributed by atoms with Crippen molar-refractivity contribution in [3.63, 3.8) is 0 Å². The highest BCUT2D eigenvalue weighted by molar-refractivity contribution is 14.1. The molecule has 3 amide bonds. The van der Waals surface area contributed by atoms with Crippen molar-refractivity contribution in [2.75, 3.05) is 26.7 Å². The summed E-state index contributed by atoms with van der Waals surface area (Å²) in [6.07, 6.45) is 5.68. The second kappa shape index (κ2) is 12.1. The summed E-state index contributed by atoms with van der Waals surface area (Å²) < 4.78 is 25.3. The molecule has 2 aromatic rings. The predicted molar refractivity (Wildman–Crippen MR) is 144 cm³/mol. The van der Waals surface area contributed by atoms with Crippen molar-refractivity contribution >= 4 is 57.5 Å². The molecule has 2 aliphatic rings. The maximum Gasteiger partial charge on any atom is 0.294 e. The first-order chi connectivity index (χ1) is 17.4. The molecule has 190 valence electrons. The fraction of sp³-hybridized carbons (Fsp3) is 0.346. The molecular formula is C26H26FIN2O5S. The molecule has 10 heteroatoms. The molecule has 2 saturated heterocycles. The number of likely N-dealkylation sites (tertiary alicyclic amines) is 1. The average Bonchev–Trinajstić information content (AvgIpc) is 3.05. The number of amides is 3. The second-order valence-electron chi connectivity index (χ2n) is 8.51. The van der Waals surface area contributed by atoms with Gasteiger partial charge in [0.05, 0.1) is 15.6 Å². The number of hydrogen-bond acceptors (Lipinski definition) is 6. The van der Waals surface area contributed by atoms with E-state index in [0.29, 0.717) is 30.2 Å². The Morgan fingerprint density at radius 1 is 1.11 bits per heavy atom. The van der Waals surface area contributed by atoms with Crippen molar-refractivity contribution in [1.82, 2.24) is 9.80 Å². The lowest BCUT2D eigenvalue weighted by molar-refractivity contribution is -0.135. The third-order valence-corrected chi connectivity index (χ3v) is 7.68. The van der Waals surface area contributed by atoms with Crippen LogP contribution in [0.1, 0.15) is 36.8 Å². The van der Waals surface area contributed by atoms with E-state index in [4.69, 9.17) is 9.47 Å². The third kappa shape index (κ3) is 6.39. The number of rotatable bonds is 7. The monoisotopic (exact) mass is 624 g/mol. The number of benzene rings is 2. The first kappa shape index (κ1) is 26.5. The maximum atomic E-state index is 13.1. The molecule has 2 heterocycles. The zero-order valence-electron chi connectivity index (χ0n) is 19.8. The molecule has 0 aliphatic carbocycles. The van der Waals surface area contributed by atoms with Gasteiger partial charge in [-0.3, -0.25) is 19.3 Å². The summed E-state index contributed by atoms with van der Waals surface area (Å²) in [5.74, 6) is 0.00524. The van der Waals surface area contributed by atoms with E-state index in [-0.39, 0.29) is 29.8 Å². The summed E-state index contributed by atoms with van der Waals surface area (Å²) in [5.41, 5.74) is 1.47. The summed E-state index contributed by atoms with van der Waals surface area (Å²) in [5, 5.41) is -0.449. The van der Waals surface area contributed by atoms with Gasteiger partial charge in [-0.15, -0.1) is 0 Å². The van der Waals surface area contributed by atoms with Crippen LogP contribution in [0.15, 0.2) is 41.3 Å². The van der Waals surface area contributed by atoms with E-state index in [1.54, 1.807) is 29.2 Å². The molecule has 0 saturated carbocycles. The smallest absolute Gasteiger partial charge is 0.294 e. The first-order valence-electron chi connectivity index (χ1n) is 11.6. The van der Waals surface area contributed by atoms with Gasteiger partial charge >= 0.3 is 0 Å². The van der Waals surface area contributed by atoms with Crippen LogP contribution in [0.25, 0.3) is 6.08 Å². The van der Waals surface area contributed by atoms with Crippen molar-refractivity contribution in [3.05, 3.63) is 61.8 Å². The molecule has 4 rings (SSSR count). The van der Waals surface area contributed by atoms with Crippen LogP contribution in [0.3, 0.4) is 0 Å². The summed E-state index contributed by atoms with van der Waals surface area (Å²) >= 11 is 2.94. The largest absolute Gasteiger partial charge is 0.493 e. The summed E-state index contributed by atoms with van der Waals surface area (Å²) in [4.78, 5) is 41.2. The minimum Gasteiger partial charge on any atom is -0.493 e. The van der Waals surface area contributed by atoms with Crippen LogP contribution in [0.4, 0.5) is 9.18 Å². The summed E-state index contributed by atoms with van der Waals surface area (Å²) in [7, 11) is 1.52. The van der Waals surface area contributed by atoms with Crippen molar-refractivity contribution in [3.8, 4) is 11.5 Å². The number of hydrogen-bond donors (Lipinski definition) is 0. The molecule has 0 unspecified atom stereocenters. The molecule has 0 radical (unpaired) electrons. The average molecular weight is 624 g/mol. The van der Waals surface area contributed by atoms with Gasteiger partial charge in [0.2, 0.25) is 5.91 Å². The Morgan fingerprint density at radius 3 is 2.47 bits per heavy atom. The Bertz CT molecular complexity index is 1180. The molecular weight excluding hydrogens is 598 g/mol. The molecule has 0 N–H and O–H groups in total. The Hall–Kier alpha value is -2.60. The van der Waals surface area contributed by atoms with Gasteiger partial charge in [0.1, 0.15) is 19.0 Å². The highest BCUT2D eigenvalue weighted by Gasteiger charge is 2.37. The van der Waals surface area contributed by atoms with Crippen LogP contribution in [0, 0.1) is 9.39 Å². The van der Waals surface area contributed by atoms with E-state index < -0.39 is 11.1 Å². The van der Waals surface area contributed by atoms with Crippen LogP contribution in [-0.4, -0.2) is 53.6 Å². The number of carbonyl (C=O) groups is 3. The molecule has 2 fully saturated rings. The van der Waals surface area contributed by atoms with Gasteiger partial charge in [-0.25, -0.2) is 4.39 Å². The number of imide groups is 1. The van der Waals surface area contributed by atoms with Crippen molar-refractivity contribution in [1.29, 1.82) is 0 Å². The molecule has 36 heavy (non-hydrogen) atoms. The Morgan fingerprint density at radius 2 is 1.81 bits per heavy atom. The minimum atomic E-state index is -0.473. The third-order valence-electron chi connectivity index (χ3n) is 5.97. The van der Waals surface area contributed by atoms with E-state index in [9.17, 15) is 18.8 Å². The van der Waals surface area contributed by atoms with Gasteiger partial charge in [-0.2, -0.15) is 0 Å². The Kier molecular flexibility index (Phi) is 8.89. The van der Waals surface area contributed by atoms with E-state index >= 15 is 0 Å². The molecule has 2 aromatic carbocycles. The van der Waals surface area contributed by atoms with Crippen LogP contribution in [-0.2, 0) is 16.2 Å². The topological polar surface area (TPSA) is 76.2 Å². The Labute approximate surface area is 227 Å². The molecule has 2 aliphatic heterocycles. The lowest BCUT2D eigenvalue weighted by atomic mass is 10.1. The lowest BCUT2D eigenvalue weighted by Gasteiger charge is -2.22. The van der Waals surface area contributed by atoms with Crippen molar-refractivity contribution in [2.24, 2.45) is 0 Å². The number of methoxy groups -OCH3 is 1. The summed E-state index contributed by atoms with van der Waals surface area (Å²) in [6, 6.07) is 9.59. The van der Waals surface area contributed by atoms with Gasteiger partial charge in [0.15, 0.2) is 11.5 Å². The van der Waals surface area contributed by atoms with Crippen LogP contribution in [0.2, 0.25) is 0 Å². The number of ether oxygens (including phenoxy) is 2. The predicted octanol–water partition coefficient (Wildman–Crippen LogP) is 5.46. The standard InChI is InChI=1S/C26H26FIN2O5S/c1-34-21-13-18(12-20(28)24(21)35-16-17-6-8-19(27)9-7-17)14-22-25(32)30(26(33)36-22)15-23(31)29-10-4-2-3-5-11-29/h6-9,12-14H,2-5,10-11,15-16H2,1H3. The van der Waals surface area contributed by atoms with Crippen molar-refractivity contribution in [2.45, 2.75) is 32.3 Å². The van der Waals surface area contributed by atoms with E-state index in [1.807, 2.05) is 6.07 Å². The number of halogens is 2. The SMILES string of the molecule is COc1cc(C=C2SC(=O)N(CC(=O)N3CCCCCC3)C2=O)cc(I)c1OCc1ccc(F)cc1. The Balaban J connectivity index is 1.47. The summed E-state index contributed by atoms with van der Waals surface area (Å²) in [6.45, 7) is 1.33. The van der Waals surface area contributed by atoms with Crippen LogP contribution >= 0.6 is 34.4 Å². The molecule has 0 aromatic heterocycles. The molecule has 0 spiro atoms.